The fraction of sp³-hybridized carbons (Fsp3) is 0.625. The minimum Gasteiger partial charge on any atom is -0.396 e. The highest BCUT2D eigenvalue weighted by atomic mass is 16.4. The van der Waals surface area contributed by atoms with Crippen LogP contribution in [-0.4, -0.2) is 67.8 Å². The predicted molar refractivity (Wildman–Crippen MR) is 79.7 cm³/mol. The molecular weight excluding hydrogens is 288 g/mol. The summed E-state index contributed by atoms with van der Waals surface area (Å²) in [5.74, 6) is -1.42. The Morgan fingerprint density at radius 1 is 1.27 bits per heavy atom. The van der Waals surface area contributed by atoms with Crippen molar-refractivity contribution in [1.29, 1.82) is 0 Å². The molecule has 2 aliphatic rings. The van der Waals surface area contributed by atoms with Crippen molar-refractivity contribution < 1.29 is 30.6 Å². The number of allylic oxidation sites excluding steroid dienone is 1. The van der Waals surface area contributed by atoms with Crippen LogP contribution in [-0.2, 0) is 0 Å². The molecule has 6 nitrogen and oxygen atoms in total. The number of hydrogen-bond acceptors (Lipinski definition) is 6. The molecule has 2 fully saturated rings. The van der Waals surface area contributed by atoms with Gasteiger partial charge < -0.3 is 30.6 Å². The second-order valence-corrected chi connectivity index (χ2v) is 6.09. The van der Waals surface area contributed by atoms with Crippen LogP contribution in [0.25, 0.3) is 0 Å². The van der Waals surface area contributed by atoms with E-state index in [9.17, 15) is 30.6 Å². The van der Waals surface area contributed by atoms with E-state index in [1.165, 1.54) is 0 Å². The molecule has 0 aromatic heterocycles. The third kappa shape index (κ3) is 2.36. The van der Waals surface area contributed by atoms with Gasteiger partial charge in [0.25, 0.3) is 0 Å². The fourth-order valence-electron chi connectivity index (χ4n) is 3.67. The minimum absolute atomic E-state index is 0.237. The summed E-state index contributed by atoms with van der Waals surface area (Å²) in [4.78, 5) is 0. The van der Waals surface area contributed by atoms with Crippen molar-refractivity contribution in [3.8, 4) is 0 Å². The molecule has 2 aliphatic carbocycles. The van der Waals surface area contributed by atoms with Crippen molar-refractivity contribution >= 4 is 0 Å². The van der Waals surface area contributed by atoms with Gasteiger partial charge in [-0.15, -0.1) is 0 Å². The fourth-order valence-corrected chi connectivity index (χ4v) is 3.67. The van der Waals surface area contributed by atoms with Crippen molar-refractivity contribution in [2.24, 2.45) is 11.8 Å². The molecule has 0 saturated heterocycles. The van der Waals surface area contributed by atoms with Crippen LogP contribution in [0.3, 0.4) is 0 Å². The summed E-state index contributed by atoms with van der Waals surface area (Å²) in [6.45, 7) is 4.96. The van der Waals surface area contributed by atoms with Gasteiger partial charge in [-0.05, 0) is 30.1 Å². The molecular formula is C16H24O6. The lowest BCUT2D eigenvalue weighted by Gasteiger charge is -2.48. The second kappa shape index (κ2) is 6.23. The smallest absolute Gasteiger partial charge is 0.122 e. The molecule has 6 heteroatoms. The topological polar surface area (TPSA) is 121 Å². The van der Waals surface area contributed by atoms with Crippen molar-refractivity contribution in [1.82, 2.24) is 0 Å². The third-order valence-electron chi connectivity index (χ3n) is 5.02. The molecule has 2 saturated carbocycles. The van der Waals surface area contributed by atoms with Crippen LogP contribution in [0.1, 0.15) is 13.3 Å². The first-order valence-electron chi connectivity index (χ1n) is 7.36. The molecule has 0 heterocycles. The largest absolute Gasteiger partial charge is 0.396 e. The molecule has 0 aliphatic heterocycles. The maximum atomic E-state index is 11.1. The number of aliphatic hydroxyl groups is 6. The average Bonchev–Trinajstić information content (AvgIpc) is 2.76. The average molecular weight is 312 g/mol. The molecule has 0 radical (unpaired) electrons. The quantitative estimate of drug-likeness (QED) is 0.392. The Morgan fingerprint density at radius 2 is 1.91 bits per heavy atom. The summed E-state index contributed by atoms with van der Waals surface area (Å²) in [6, 6.07) is 0. The van der Waals surface area contributed by atoms with Crippen molar-refractivity contribution in [3.05, 3.63) is 35.5 Å². The van der Waals surface area contributed by atoms with Gasteiger partial charge in [-0.2, -0.15) is 0 Å². The molecule has 2 rings (SSSR count). The lowest BCUT2D eigenvalue weighted by atomic mass is 9.65. The third-order valence-corrected chi connectivity index (χ3v) is 5.02. The highest BCUT2D eigenvalue weighted by molar-refractivity contribution is 5.49. The lowest BCUT2D eigenvalue weighted by Crippen LogP contribution is -2.65. The number of hydrogen-bond donors (Lipinski definition) is 6. The first-order chi connectivity index (χ1) is 10.3. The van der Waals surface area contributed by atoms with Crippen molar-refractivity contribution in [2.45, 2.75) is 37.3 Å². The van der Waals surface area contributed by atoms with Gasteiger partial charge in [-0.25, -0.2) is 0 Å². The van der Waals surface area contributed by atoms with Gasteiger partial charge in [0.05, 0.1) is 12.7 Å². The van der Waals surface area contributed by atoms with E-state index in [0.717, 1.165) is 0 Å². The SMILES string of the molecule is C=C1CC2C(CO)C(O)C(O)C(O)C2(O)/C1=C/C(=C\C)CO. The molecule has 22 heavy (non-hydrogen) atoms. The summed E-state index contributed by atoms with van der Waals surface area (Å²) in [5.41, 5.74) is -0.388. The van der Waals surface area contributed by atoms with Gasteiger partial charge >= 0.3 is 0 Å². The molecule has 0 aromatic carbocycles. The van der Waals surface area contributed by atoms with Gasteiger partial charge in [0.2, 0.25) is 0 Å². The molecule has 124 valence electrons. The van der Waals surface area contributed by atoms with Crippen LogP contribution in [0.5, 0.6) is 0 Å². The van der Waals surface area contributed by atoms with Gasteiger partial charge in [0.15, 0.2) is 0 Å². The van der Waals surface area contributed by atoms with Crippen LogP contribution in [0.15, 0.2) is 35.5 Å². The summed E-state index contributed by atoms with van der Waals surface area (Å²) in [7, 11) is 0. The van der Waals surface area contributed by atoms with Crippen LogP contribution in [0.4, 0.5) is 0 Å². The zero-order chi connectivity index (χ0) is 16.7. The van der Waals surface area contributed by atoms with E-state index in [1.807, 2.05) is 0 Å². The summed E-state index contributed by atoms with van der Waals surface area (Å²) in [5, 5.41) is 60.3. The molecule has 6 N–H and O–H groups in total. The predicted octanol–water partition coefficient (Wildman–Crippen LogP) is -1.14. The molecule has 6 atom stereocenters. The van der Waals surface area contributed by atoms with Gasteiger partial charge in [-0.1, -0.05) is 18.7 Å². The summed E-state index contributed by atoms with van der Waals surface area (Å²) in [6.07, 6.45) is -0.993. The molecule has 0 aromatic rings. The monoisotopic (exact) mass is 312 g/mol. The maximum absolute atomic E-state index is 11.1. The van der Waals surface area contributed by atoms with Crippen LogP contribution < -0.4 is 0 Å². The highest BCUT2D eigenvalue weighted by Gasteiger charge is 2.62. The van der Waals surface area contributed by atoms with E-state index in [1.54, 1.807) is 19.1 Å². The number of rotatable bonds is 3. The standard InChI is InChI=1S/C16H24O6/c1-3-9(6-17)5-11-8(2)4-12-10(7-18)13(19)14(20)15(21)16(11,12)22/h3,5,10,12-15,17-22H,2,4,6-7H2,1H3/b9-3+,11-5+. The van der Waals surface area contributed by atoms with Crippen molar-refractivity contribution in [2.75, 3.05) is 13.2 Å². The Balaban J connectivity index is 2.54. The summed E-state index contributed by atoms with van der Waals surface area (Å²) < 4.78 is 0. The van der Waals surface area contributed by atoms with E-state index >= 15 is 0 Å². The van der Waals surface area contributed by atoms with Crippen LogP contribution in [0, 0.1) is 11.8 Å². The Hall–Kier alpha value is -1.02. The Morgan fingerprint density at radius 3 is 2.41 bits per heavy atom. The lowest BCUT2D eigenvalue weighted by molar-refractivity contribution is -0.216. The number of aliphatic hydroxyl groups excluding tert-OH is 5. The minimum atomic E-state index is -1.81. The Kier molecular flexibility index (Phi) is 4.91. The van der Waals surface area contributed by atoms with E-state index in [2.05, 4.69) is 6.58 Å². The first kappa shape index (κ1) is 17.3. The van der Waals surface area contributed by atoms with Crippen LogP contribution >= 0.6 is 0 Å². The molecule has 6 unspecified atom stereocenters. The zero-order valence-electron chi connectivity index (χ0n) is 12.6. The highest BCUT2D eigenvalue weighted by Crippen LogP contribution is 2.53. The Labute approximate surface area is 129 Å². The van der Waals surface area contributed by atoms with E-state index in [4.69, 9.17) is 0 Å². The summed E-state index contributed by atoms with van der Waals surface area (Å²) >= 11 is 0. The van der Waals surface area contributed by atoms with E-state index in [-0.39, 0.29) is 13.0 Å². The van der Waals surface area contributed by atoms with Gasteiger partial charge in [-0.3, -0.25) is 0 Å². The molecule has 0 spiro atoms. The van der Waals surface area contributed by atoms with Crippen LogP contribution in [0.2, 0.25) is 0 Å². The maximum Gasteiger partial charge on any atom is 0.122 e. The molecule has 0 amide bonds. The molecule has 0 bridgehead atoms. The Bertz CT molecular complexity index is 511. The van der Waals surface area contributed by atoms with Gasteiger partial charge in [0.1, 0.15) is 17.8 Å². The second-order valence-electron chi connectivity index (χ2n) is 6.09. The normalized spacial score (nSPS) is 44.5. The van der Waals surface area contributed by atoms with Gasteiger partial charge in [0, 0.05) is 18.4 Å². The van der Waals surface area contributed by atoms with E-state index < -0.39 is 42.4 Å². The zero-order valence-corrected chi connectivity index (χ0v) is 12.6. The number of fused-ring (bicyclic) bond motifs is 1. The first-order valence-corrected chi connectivity index (χ1v) is 7.36. The van der Waals surface area contributed by atoms with Crippen molar-refractivity contribution in [3.63, 3.8) is 0 Å². The van der Waals surface area contributed by atoms with E-state index in [0.29, 0.717) is 16.7 Å².